The molecule has 136 valence electrons. The van der Waals surface area contributed by atoms with Gasteiger partial charge >= 0.3 is 0 Å². The first kappa shape index (κ1) is 15.8. The van der Waals surface area contributed by atoms with Gasteiger partial charge in [0.25, 0.3) is 5.91 Å². The lowest BCUT2D eigenvalue weighted by atomic mass is 10.2. The van der Waals surface area contributed by atoms with Crippen molar-refractivity contribution in [3.63, 3.8) is 0 Å². The van der Waals surface area contributed by atoms with Gasteiger partial charge in [-0.1, -0.05) is 24.3 Å². The molecule has 0 bridgehead atoms. The van der Waals surface area contributed by atoms with E-state index in [2.05, 4.69) is 20.8 Å². The molecular weight excluding hydrogens is 346 g/mol. The fourth-order valence-electron chi connectivity index (χ4n) is 3.06. The summed E-state index contributed by atoms with van der Waals surface area (Å²) >= 11 is 0. The Hall–Kier alpha value is -3.42. The van der Waals surface area contributed by atoms with Crippen molar-refractivity contribution < 1.29 is 14.3 Å². The molecule has 3 aromatic rings. The molecule has 8 nitrogen and oxygen atoms in total. The molecule has 8 heteroatoms. The maximum atomic E-state index is 12.6. The molecule has 1 aliphatic carbocycles. The second-order valence-electron chi connectivity index (χ2n) is 6.61. The van der Waals surface area contributed by atoms with Gasteiger partial charge in [-0.3, -0.25) is 4.79 Å². The van der Waals surface area contributed by atoms with E-state index in [0.717, 1.165) is 18.4 Å². The van der Waals surface area contributed by atoms with Crippen molar-refractivity contribution in [3.05, 3.63) is 48.5 Å². The van der Waals surface area contributed by atoms with Crippen LogP contribution in [0.1, 0.15) is 18.9 Å². The van der Waals surface area contributed by atoms with Crippen LogP contribution in [0.4, 0.5) is 5.69 Å². The van der Waals surface area contributed by atoms with E-state index in [1.165, 1.54) is 0 Å². The number of hydrogen-bond donors (Lipinski definition) is 1. The summed E-state index contributed by atoms with van der Waals surface area (Å²) in [5.74, 6) is 1.67. The van der Waals surface area contributed by atoms with Crippen LogP contribution in [-0.2, 0) is 4.79 Å². The third-order valence-electron chi connectivity index (χ3n) is 4.57. The predicted molar refractivity (Wildman–Crippen MR) is 96.5 cm³/mol. The van der Waals surface area contributed by atoms with Crippen LogP contribution in [0.5, 0.6) is 11.5 Å². The molecule has 1 aromatic heterocycles. The number of amides is 1. The lowest BCUT2D eigenvalue weighted by Gasteiger charge is -2.25. The molecule has 2 heterocycles. The number of carbonyl (C=O) groups excluding carboxylic acids is 1. The van der Waals surface area contributed by atoms with Crippen molar-refractivity contribution >= 4 is 11.6 Å². The average molecular weight is 363 g/mol. The molecule has 1 amide bonds. The van der Waals surface area contributed by atoms with Gasteiger partial charge in [-0.2, -0.15) is 0 Å². The van der Waals surface area contributed by atoms with E-state index in [-0.39, 0.29) is 12.5 Å². The number of tetrazole rings is 1. The third-order valence-corrected chi connectivity index (χ3v) is 4.57. The highest BCUT2D eigenvalue weighted by molar-refractivity contribution is 5.95. The van der Waals surface area contributed by atoms with Crippen LogP contribution in [0.25, 0.3) is 11.4 Å². The molecule has 1 atom stereocenters. The number of fused-ring (bicyclic) bond motifs is 1. The standard InChI is InChI=1S/C19H17N5O3/c25-19(17-11-26-15-6-1-2-7-16(15)27-17)20-13-5-3-4-12(10-13)18-21-22-23-24(18)14-8-9-14/h1-7,10,14,17H,8-9,11H2,(H,20,25). The summed E-state index contributed by atoms with van der Waals surface area (Å²) in [7, 11) is 0. The predicted octanol–water partition coefficient (Wildman–Crippen LogP) is 2.45. The van der Waals surface area contributed by atoms with Crippen molar-refractivity contribution in [1.82, 2.24) is 20.2 Å². The van der Waals surface area contributed by atoms with Gasteiger partial charge in [0.15, 0.2) is 17.3 Å². The molecule has 1 N–H and O–H groups in total. The summed E-state index contributed by atoms with van der Waals surface area (Å²) in [4.78, 5) is 12.6. The van der Waals surface area contributed by atoms with Gasteiger partial charge in [-0.25, -0.2) is 4.68 Å². The SMILES string of the molecule is O=C(Nc1cccc(-c2nnnn2C2CC2)c1)C1COc2ccccc2O1. The van der Waals surface area contributed by atoms with Gasteiger partial charge in [0.1, 0.15) is 6.61 Å². The number of nitrogens with one attached hydrogen (secondary N) is 1. The first-order chi connectivity index (χ1) is 13.3. The Morgan fingerprint density at radius 2 is 1.96 bits per heavy atom. The molecular formula is C19H17N5O3. The largest absolute Gasteiger partial charge is 0.485 e. The topological polar surface area (TPSA) is 91.2 Å². The van der Waals surface area contributed by atoms with E-state index in [0.29, 0.717) is 29.1 Å². The highest BCUT2D eigenvalue weighted by Gasteiger charge is 2.29. The molecule has 0 radical (unpaired) electrons. The monoisotopic (exact) mass is 363 g/mol. The number of nitrogens with zero attached hydrogens (tertiary/aromatic N) is 4. The van der Waals surface area contributed by atoms with Crippen LogP contribution in [0.3, 0.4) is 0 Å². The summed E-state index contributed by atoms with van der Waals surface area (Å²) in [6, 6.07) is 15.2. The Morgan fingerprint density at radius 1 is 1.11 bits per heavy atom. The van der Waals surface area contributed by atoms with E-state index in [1.807, 2.05) is 47.1 Å². The molecule has 0 spiro atoms. The van der Waals surface area contributed by atoms with E-state index < -0.39 is 6.10 Å². The zero-order chi connectivity index (χ0) is 18.2. The number of rotatable bonds is 4. The summed E-state index contributed by atoms with van der Waals surface area (Å²) < 4.78 is 13.2. The molecule has 1 unspecified atom stereocenters. The zero-order valence-electron chi connectivity index (χ0n) is 14.4. The third kappa shape index (κ3) is 3.10. The van der Waals surface area contributed by atoms with E-state index >= 15 is 0 Å². The number of ether oxygens (including phenoxy) is 2. The molecule has 27 heavy (non-hydrogen) atoms. The van der Waals surface area contributed by atoms with Crippen LogP contribution in [-0.4, -0.2) is 38.8 Å². The Balaban J connectivity index is 1.33. The number of benzene rings is 2. The highest BCUT2D eigenvalue weighted by Crippen LogP contribution is 2.37. The minimum absolute atomic E-state index is 0.169. The summed E-state index contributed by atoms with van der Waals surface area (Å²) in [5.41, 5.74) is 1.51. The molecule has 1 fully saturated rings. The summed E-state index contributed by atoms with van der Waals surface area (Å²) in [6.07, 6.45) is 1.48. The summed E-state index contributed by atoms with van der Waals surface area (Å²) in [6.45, 7) is 0.169. The van der Waals surface area contributed by atoms with Crippen LogP contribution < -0.4 is 14.8 Å². The normalized spacial score (nSPS) is 18.1. The maximum absolute atomic E-state index is 12.6. The maximum Gasteiger partial charge on any atom is 0.269 e. The van der Waals surface area contributed by atoms with Gasteiger partial charge < -0.3 is 14.8 Å². The molecule has 1 aliphatic heterocycles. The van der Waals surface area contributed by atoms with Crippen LogP contribution in [0, 0.1) is 0 Å². The lowest BCUT2D eigenvalue weighted by molar-refractivity contribution is -0.125. The fourth-order valence-corrected chi connectivity index (χ4v) is 3.06. The Morgan fingerprint density at radius 3 is 2.81 bits per heavy atom. The number of hydrogen-bond acceptors (Lipinski definition) is 6. The van der Waals surface area contributed by atoms with Gasteiger partial charge in [-0.15, -0.1) is 5.10 Å². The van der Waals surface area contributed by atoms with Crippen LogP contribution in [0.2, 0.25) is 0 Å². The Kier molecular flexibility index (Phi) is 3.74. The number of aromatic nitrogens is 4. The van der Waals surface area contributed by atoms with Crippen molar-refractivity contribution in [3.8, 4) is 22.9 Å². The smallest absolute Gasteiger partial charge is 0.269 e. The Bertz CT molecular complexity index is 998. The minimum atomic E-state index is -0.708. The lowest BCUT2D eigenvalue weighted by Crippen LogP contribution is -2.40. The molecule has 5 rings (SSSR count). The van der Waals surface area contributed by atoms with Crippen molar-refractivity contribution in [1.29, 1.82) is 0 Å². The minimum Gasteiger partial charge on any atom is -0.485 e. The van der Waals surface area contributed by atoms with Gasteiger partial charge in [0, 0.05) is 11.3 Å². The highest BCUT2D eigenvalue weighted by atomic mass is 16.6. The van der Waals surface area contributed by atoms with Gasteiger partial charge in [0.05, 0.1) is 6.04 Å². The number of anilines is 1. The first-order valence-corrected chi connectivity index (χ1v) is 8.85. The second-order valence-corrected chi connectivity index (χ2v) is 6.61. The summed E-state index contributed by atoms with van der Waals surface area (Å²) in [5, 5.41) is 14.9. The first-order valence-electron chi connectivity index (χ1n) is 8.85. The molecule has 2 aliphatic rings. The molecule has 2 aromatic carbocycles. The second kappa shape index (κ2) is 6.39. The average Bonchev–Trinajstić information content (AvgIpc) is 3.44. The number of para-hydroxylation sites is 2. The van der Waals surface area contributed by atoms with Crippen molar-refractivity contribution in [2.75, 3.05) is 11.9 Å². The van der Waals surface area contributed by atoms with Gasteiger partial charge in [0.2, 0.25) is 6.10 Å². The zero-order valence-corrected chi connectivity index (χ0v) is 14.4. The van der Waals surface area contributed by atoms with Crippen LogP contribution >= 0.6 is 0 Å². The van der Waals surface area contributed by atoms with Crippen molar-refractivity contribution in [2.24, 2.45) is 0 Å². The number of carbonyl (C=O) groups is 1. The Labute approximate surface area is 155 Å². The van der Waals surface area contributed by atoms with Gasteiger partial charge in [-0.05, 0) is 47.5 Å². The van der Waals surface area contributed by atoms with Crippen molar-refractivity contribution in [2.45, 2.75) is 25.0 Å². The van der Waals surface area contributed by atoms with E-state index in [4.69, 9.17) is 9.47 Å². The quantitative estimate of drug-likeness (QED) is 0.766. The molecule has 1 saturated carbocycles. The van der Waals surface area contributed by atoms with E-state index in [1.54, 1.807) is 6.07 Å². The van der Waals surface area contributed by atoms with E-state index in [9.17, 15) is 4.79 Å². The fraction of sp³-hybridized carbons (Fsp3) is 0.263. The van der Waals surface area contributed by atoms with Crippen LogP contribution in [0.15, 0.2) is 48.5 Å². The molecule has 0 saturated heterocycles.